The number of nitrogens with zero attached hydrogens (tertiary/aromatic N) is 5. The molecule has 2 aliphatic heterocycles. The molecule has 0 saturated heterocycles. The van der Waals surface area contributed by atoms with Crippen molar-refractivity contribution in [3.63, 3.8) is 0 Å². The van der Waals surface area contributed by atoms with Gasteiger partial charge in [0.1, 0.15) is 28.1 Å². The molecule has 7 rings (SSSR count). The molecule has 5 aromatic rings. The van der Waals surface area contributed by atoms with Crippen LogP contribution in [-0.2, 0) is 30.7 Å². The van der Waals surface area contributed by atoms with Crippen LogP contribution in [0.4, 0.5) is 8.78 Å². The van der Waals surface area contributed by atoms with Crippen LogP contribution in [0.2, 0.25) is 0 Å². The molecule has 4 aromatic heterocycles. The van der Waals surface area contributed by atoms with Crippen LogP contribution in [0.15, 0.2) is 48.5 Å². The van der Waals surface area contributed by atoms with Crippen molar-refractivity contribution in [1.29, 1.82) is 0 Å². The second-order valence-corrected chi connectivity index (χ2v) is 13.7. The molecular formula is C34H31F2N5O2S2. The fourth-order valence-electron chi connectivity index (χ4n) is 6.08. The minimum atomic E-state index is -0.737. The smallest absolute Gasteiger partial charge is 0.246 e. The number of halogens is 2. The van der Waals surface area contributed by atoms with Crippen LogP contribution in [0.1, 0.15) is 35.7 Å². The number of thiophene rings is 1. The summed E-state index contributed by atoms with van der Waals surface area (Å²) in [4.78, 5) is 32.4. The third kappa shape index (κ3) is 5.43. The van der Waals surface area contributed by atoms with Crippen LogP contribution >= 0.6 is 22.7 Å². The van der Waals surface area contributed by atoms with Crippen LogP contribution in [0.3, 0.4) is 0 Å². The first-order valence-electron chi connectivity index (χ1n) is 14.8. The average molecular weight is 644 g/mol. The molecule has 45 heavy (non-hydrogen) atoms. The summed E-state index contributed by atoms with van der Waals surface area (Å²) in [5.74, 6) is -1.48. The van der Waals surface area contributed by atoms with Gasteiger partial charge in [-0.05, 0) is 50.0 Å². The van der Waals surface area contributed by atoms with Gasteiger partial charge in [-0.1, -0.05) is 6.58 Å². The fraction of sp³-hybridized carbons (Fsp3) is 0.294. The minimum absolute atomic E-state index is 0.107. The molecule has 0 spiro atoms. The number of carbonyl (C=O) groups excluding carboxylic acids is 1. The van der Waals surface area contributed by atoms with E-state index in [2.05, 4.69) is 24.6 Å². The molecule has 0 N–H and O–H groups in total. The summed E-state index contributed by atoms with van der Waals surface area (Å²) in [5, 5.41) is 3.40. The van der Waals surface area contributed by atoms with Gasteiger partial charge in [-0.3, -0.25) is 9.78 Å². The largest absolute Gasteiger partial charge is 0.490 e. The Kier molecular flexibility index (Phi) is 7.71. The number of aromatic nitrogens is 3. The number of carbonyl (C=O) groups is 1. The number of thiazole rings is 1. The Morgan fingerprint density at radius 3 is 2.69 bits per heavy atom. The van der Waals surface area contributed by atoms with E-state index in [1.807, 2.05) is 31.5 Å². The number of benzene rings is 1. The van der Waals surface area contributed by atoms with Crippen LogP contribution < -0.4 is 4.74 Å². The predicted octanol–water partition coefficient (Wildman–Crippen LogP) is 7.27. The predicted molar refractivity (Wildman–Crippen MR) is 174 cm³/mol. The highest BCUT2D eigenvalue weighted by Crippen LogP contribution is 2.48. The van der Waals surface area contributed by atoms with E-state index >= 15 is 4.39 Å². The lowest BCUT2D eigenvalue weighted by molar-refractivity contribution is -0.126. The number of rotatable bonds is 6. The molecule has 0 aliphatic carbocycles. The summed E-state index contributed by atoms with van der Waals surface area (Å²) in [5.41, 5.74) is 5.86. The summed E-state index contributed by atoms with van der Waals surface area (Å²) in [6.45, 7) is 9.97. The Bertz CT molecular complexity index is 1990. The average Bonchev–Trinajstić information content (AvgIpc) is 3.67. The molecule has 0 bridgehead atoms. The van der Waals surface area contributed by atoms with Gasteiger partial charge in [-0.15, -0.1) is 22.7 Å². The van der Waals surface area contributed by atoms with Gasteiger partial charge >= 0.3 is 0 Å². The van der Waals surface area contributed by atoms with Crippen molar-refractivity contribution in [2.75, 3.05) is 20.1 Å². The van der Waals surface area contributed by atoms with Gasteiger partial charge in [-0.25, -0.2) is 18.7 Å². The third-order valence-corrected chi connectivity index (χ3v) is 10.2. The first kappa shape index (κ1) is 29.6. The van der Waals surface area contributed by atoms with E-state index in [1.165, 1.54) is 34.8 Å². The molecular weight excluding hydrogens is 613 g/mol. The number of ether oxygens (including phenoxy) is 1. The highest BCUT2D eigenvalue weighted by Gasteiger charge is 2.30. The third-order valence-electron chi connectivity index (χ3n) is 8.16. The summed E-state index contributed by atoms with van der Waals surface area (Å²) in [6.07, 6.45) is 4.34. The molecule has 7 nitrogen and oxygen atoms in total. The zero-order valence-electron chi connectivity index (χ0n) is 25.2. The molecule has 0 radical (unpaired) electrons. The highest BCUT2D eigenvalue weighted by molar-refractivity contribution is 7.18. The Morgan fingerprint density at radius 2 is 1.89 bits per heavy atom. The van der Waals surface area contributed by atoms with Gasteiger partial charge in [0.05, 0.1) is 29.6 Å². The number of hydrogen-bond acceptors (Lipinski definition) is 8. The Hall–Kier alpha value is -4.06. The number of amides is 1. The lowest BCUT2D eigenvalue weighted by atomic mass is 9.97. The van der Waals surface area contributed by atoms with E-state index in [9.17, 15) is 9.18 Å². The van der Waals surface area contributed by atoms with Crippen molar-refractivity contribution in [3.05, 3.63) is 82.0 Å². The molecule has 0 fully saturated rings. The molecule has 11 heteroatoms. The number of likely N-dealkylation sites (N-methyl/N-ethyl adjacent to an activating group) is 1. The van der Waals surface area contributed by atoms with E-state index in [1.54, 1.807) is 4.90 Å². The van der Waals surface area contributed by atoms with Gasteiger partial charge in [0.25, 0.3) is 0 Å². The van der Waals surface area contributed by atoms with Crippen LogP contribution in [0.5, 0.6) is 5.75 Å². The van der Waals surface area contributed by atoms with Crippen molar-refractivity contribution in [3.8, 4) is 38.8 Å². The molecule has 0 saturated carbocycles. The van der Waals surface area contributed by atoms with Gasteiger partial charge in [-0.2, -0.15) is 0 Å². The van der Waals surface area contributed by atoms with Gasteiger partial charge in [0.2, 0.25) is 5.91 Å². The van der Waals surface area contributed by atoms with Gasteiger partial charge in [0, 0.05) is 82.6 Å². The first-order chi connectivity index (χ1) is 21.7. The molecule has 1 aromatic carbocycles. The summed E-state index contributed by atoms with van der Waals surface area (Å²) < 4.78 is 37.4. The summed E-state index contributed by atoms with van der Waals surface area (Å²) in [7, 11) is 2.10. The molecule has 230 valence electrons. The Balaban J connectivity index is 1.49. The van der Waals surface area contributed by atoms with Crippen LogP contribution in [0.25, 0.3) is 43.2 Å². The molecule has 0 atom stereocenters. The lowest BCUT2D eigenvalue weighted by Gasteiger charge is -2.24. The van der Waals surface area contributed by atoms with Crippen molar-refractivity contribution in [1.82, 2.24) is 24.8 Å². The lowest BCUT2D eigenvalue weighted by Crippen LogP contribution is -2.34. The van der Waals surface area contributed by atoms with Gasteiger partial charge < -0.3 is 14.5 Å². The molecule has 0 unspecified atom stereocenters. The standard InChI is InChI=1S/C34H31F2N5O2S2/c1-5-28(42)41-10-7-25-27(17-41)45-34(38-25)32-30(29-23(36)13-21(35)14-26(29)43-18(2)3)33-22(8-11-44-33)31(39-32)19-12-20-16-40(4)9-6-24(20)37-15-19/h5,8,11-15,18H,1,6-7,9-10,16-17H2,2-4H3. The van der Waals surface area contributed by atoms with E-state index in [0.29, 0.717) is 35.8 Å². The molecule has 6 heterocycles. The quantitative estimate of drug-likeness (QED) is 0.181. The van der Waals surface area contributed by atoms with Gasteiger partial charge in [0.15, 0.2) is 0 Å². The zero-order valence-corrected chi connectivity index (χ0v) is 26.8. The van der Waals surface area contributed by atoms with Crippen LogP contribution in [-0.4, -0.2) is 56.9 Å². The molecule has 2 aliphatic rings. The van der Waals surface area contributed by atoms with E-state index in [0.717, 1.165) is 68.7 Å². The second kappa shape index (κ2) is 11.7. The maximum atomic E-state index is 16.0. The number of pyridine rings is 2. The van der Waals surface area contributed by atoms with Crippen molar-refractivity contribution in [2.45, 2.75) is 45.9 Å². The SMILES string of the molecule is C=CC(=O)N1CCc2nc(-c3nc(-c4cnc5c(c4)CN(C)CC5)c4ccsc4c3-c3c(F)cc(F)cc3OC(C)C)sc2C1. The minimum Gasteiger partial charge on any atom is -0.490 e. The Morgan fingerprint density at radius 1 is 1.07 bits per heavy atom. The second-order valence-electron chi connectivity index (χ2n) is 11.7. The summed E-state index contributed by atoms with van der Waals surface area (Å²) in [6, 6.07) is 6.25. The maximum Gasteiger partial charge on any atom is 0.246 e. The van der Waals surface area contributed by atoms with E-state index in [4.69, 9.17) is 19.7 Å². The normalized spacial score (nSPS) is 14.9. The van der Waals surface area contributed by atoms with Crippen molar-refractivity contribution >= 4 is 38.7 Å². The van der Waals surface area contributed by atoms with E-state index in [-0.39, 0.29) is 23.3 Å². The zero-order chi connectivity index (χ0) is 31.4. The maximum absolute atomic E-state index is 16.0. The van der Waals surface area contributed by atoms with E-state index < -0.39 is 11.6 Å². The fourth-order valence-corrected chi connectivity index (χ4v) is 8.15. The van der Waals surface area contributed by atoms with Crippen LogP contribution in [0, 0.1) is 11.6 Å². The highest BCUT2D eigenvalue weighted by atomic mass is 32.1. The summed E-state index contributed by atoms with van der Waals surface area (Å²) >= 11 is 2.91. The monoisotopic (exact) mass is 643 g/mol. The number of fused-ring (bicyclic) bond motifs is 3. The topological polar surface area (TPSA) is 71.5 Å². The van der Waals surface area contributed by atoms with Crippen molar-refractivity contribution in [2.24, 2.45) is 0 Å². The van der Waals surface area contributed by atoms with Crippen molar-refractivity contribution < 1.29 is 18.3 Å². The number of hydrogen-bond donors (Lipinski definition) is 0. The molecule has 1 amide bonds. The first-order valence-corrected chi connectivity index (χ1v) is 16.5. The Labute approximate surface area is 267 Å².